The van der Waals surface area contributed by atoms with Gasteiger partial charge < -0.3 is 10.1 Å². The van der Waals surface area contributed by atoms with Gasteiger partial charge in [0, 0.05) is 25.6 Å². The summed E-state index contributed by atoms with van der Waals surface area (Å²) in [6, 6.07) is 7.65. The molecule has 1 saturated carbocycles. The molecular formula is C19H25N3O. The highest BCUT2D eigenvalue weighted by Gasteiger charge is 2.30. The molecule has 1 aliphatic heterocycles. The third-order valence-corrected chi connectivity index (χ3v) is 5.42. The fraction of sp³-hybridized carbons (Fsp3) is 0.526. The van der Waals surface area contributed by atoms with Crippen LogP contribution >= 0.6 is 0 Å². The molecule has 2 aromatic rings. The van der Waals surface area contributed by atoms with Crippen LogP contribution in [0.3, 0.4) is 0 Å². The Kier molecular flexibility index (Phi) is 4.08. The fourth-order valence-electron chi connectivity index (χ4n) is 4.27. The summed E-state index contributed by atoms with van der Waals surface area (Å²) in [5, 5.41) is 9.83. The molecule has 2 aliphatic rings. The van der Waals surface area contributed by atoms with E-state index in [4.69, 9.17) is 0 Å². The highest BCUT2D eigenvalue weighted by Crippen LogP contribution is 2.34. The van der Waals surface area contributed by atoms with Gasteiger partial charge in [0.1, 0.15) is 5.75 Å². The summed E-state index contributed by atoms with van der Waals surface area (Å²) in [7, 11) is 0. The van der Waals surface area contributed by atoms with Crippen molar-refractivity contribution in [1.29, 1.82) is 0 Å². The molecule has 0 saturated heterocycles. The number of H-pyrrole nitrogens is 1. The molecule has 2 N–H and O–H groups in total. The van der Waals surface area contributed by atoms with Crippen molar-refractivity contribution >= 4 is 0 Å². The summed E-state index contributed by atoms with van der Waals surface area (Å²) in [5.41, 5.74) is 3.54. The van der Waals surface area contributed by atoms with Gasteiger partial charge in [-0.2, -0.15) is 0 Å². The van der Waals surface area contributed by atoms with Crippen molar-refractivity contribution in [2.24, 2.45) is 5.92 Å². The fourth-order valence-corrected chi connectivity index (χ4v) is 4.27. The van der Waals surface area contributed by atoms with Gasteiger partial charge in [0.2, 0.25) is 0 Å². The molecule has 2 heterocycles. The average molecular weight is 311 g/mol. The van der Waals surface area contributed by atoms with E-state index < -0.39 is 0 Å². The molecule has 0 radical (unpaired) electrons. The Balaban J connectivity index is 1.56. The number of hydrogen-bond donors (Lipinski definition) is 2. The number of fused-ring (bicyclic) bond motifs is 1. The van der Waals surface area contributed by atoms with Crippen LogP contribution in [-0.4, -0.2) is 33.1 Å². The summed E-state index contributed by atoms with van der Waals surface area (Å²) < 4.78 is 0. The van der Waals surface area contributed by atoms with Gasteiger partial charge >= 0.3 is 0 Å². The number of rotatable bonds is 3. The second-order valence-corrected chi connectivity index (χ2v) is 7.11. The van der Waals surface area contributed by atoms with Crippen LogP contribution in [0.15, 0.2) is 30.6 Å². The minimum Gasteiger partial charge on any atom is -0.508 e. The quantitative estimate of drug-likeness (QED) is 0.910. The van der Waals surface area contributed by atoms with E-state index in [9.17, 15) is 5.11 Å². The summed E-state index contributed by atoms with van der Waals surface area (Å²) in [6.07, 6.45) is 8.76. The van der Waals surface area contributed by atoms with E-state index in [2.05, 4.69) is 20.9 Å². The van der Waals surface area contributed by atoms with Gasteiger partial charge in [-0.05, 0) is 36.5 Å². The highest BCUT2D eigenvalue weighted by atomic mass is 16.3. The van der Waals surface area contributed by atoms with Crippen molar-refractivity contribution in [3.63, 3.8) is 0 Å². The molecule has 4 nitrogen and oxygen atoms in total. The molecule has 122 valence electrons. The van der Waals surface area contributed by atoms with Crippen molar-refractivity contribution in [1.82, 2.24) is 14.9 Å². The zero-order valence-electron chi connectivity index (χ0n) is 13.5. The molecule has 4 rings (SSSR count). The molecule has 0 spiro atoms. The van der Waals surface area contributed by atoms with E-state index in [1.165, 1.54) is 44.3 Å². The third-order valence-electron chi connectivity index (χ3n) is 5.42. The van der Waals surface area contributed by atoms with E-state index in [1.54, 1.807) is 6.07 Å². The Labute approximate surface area is 137 Å². The summed E-state index contributed by atoms with van der Waals surface area (Å²) >= 11 is 0. The van der Waals surface area contributed by atoms with Crippen LogP contribution in [0.5, 0.6) is 5.75 Å². The molecule has 1 fully saturated rings. The normalized spacial score (nSPS) is 22.9. The smallest absolute Gasteiger partial charge is 0.115 e. The van der Waals surface area contributed by atoms with Crippen molar-refractivity contribution in [3.8, 4) is 5.75 Å². The number of nitrogens with one attached hydrogen (secondary N) is 1. The van der Waals surface area contributed by atoms with Gasteiger partial charge in [-0.1, -0.05) is 31.4 Å². The predicted octanol–water partition coefficient (Wildman–Crippen LogP) is 3.64. The Morgan fingerprint density at radius 1 is 1.22 bits per heavy atom. The molecule has 0 bridgehead atoms. The van der Waals surface area contributed by atoms with Gasteiger partial charge in [0.15, 0.2) is 0 Å². The number of hydrogen-bond acceptors (Lipinski definition) is 3. The van der Waals surface area contributed by atoms with E-state index in [0.717, 1.165) is 30.3 Å². The second kappa shape index (κ2) is 6.36. The first-order valence-electron chi connectivity index (χ1n) is 8.83. The maximum Gasteiger partial charge on any atom is 0.115 e. The predicted molar refractivity (Wildman–Crippen MR) is 90.4 cm³/mol. The topological polar surface area (TPSA) is 52.1 Å². The first-order valence-corrected chi connectivity index (χ1v) is 8.83. The van der Waals surface area contributed by atoms with Gasteiger partial charge in [-0.25, -0.2) is 4.98 Å². The Hall–Kier alpha value is -1.81. The Bertz CT molecular complexity index is 660. The molecule has 1 atom stereocenters. The van der Waals surface area contributed by atoms with Crippen LogP contribution in [0.25, 0.3) is 0 Å². The number of aromatic hydroxyl groups is 1. The lowest BCUT2D eigenvalue weighted by molar-refractivity contribution is 0.176. The molecular weight excluding hydrogens is 286 g/mol. The lowest BCUT2D eigenvalue weighted by Gasteiger charge is -2.35. The first kappa shape index (κ1) is 14.8. The van der Waals surface area contributed by atoms with Crippen LogP contribution in [0, 0.1) is 5.92 Å². The van der Waals surface area contributed by atoms with Gasteiger partial charge in [-0.15, -0.1) is 0 Å². The van der Waals surface area contributed by atoms with E-state index in [0.29, 0.717) is 5.75 Å². The number of phenols is 1. The minimum absolute atomic E-state index is 0.251. The average Bonchev–Trinajstić information content (AvgIpc) is 3.03. The lowest BCUT2D eigenvalue weighted by atomic mass is 9.86. The second-order valence-electron chi connectivity index (χ2n) is 7.11. The van der Waals surface area contributed by atoms with Crippen molar-refractivity contribution in [3.05, 3.63) is 47.5 Å². The number of benzene rings is 1. The lowest BCUT2D eigenvalue weighted by Crippen LogP contribution is -2.37. The van der Waals surface area contributed by atoms with Crippen molar-refractivity contribution < 1.29 is 5.11 Å². The van der Waals surface area contributed by atoms with Crippen molar-refractivity contribution in [2.45, 2.75) is 44.6 Å². The SMILES string of the molecule is Oc1cccc(C2CN(CC3CCCCC3)Cc3[nH]cnc32)c1. The first-order chi connectivity index (χ1) is 11.3. The maximum atomic E-state index is 9.83. The Morgan fingerprint density at radius 2 is 2.09 bits per heavy atom. The van der Waals surface area contributed by atoms with Crippen LogP contribution in [-0.2, 0) is 6.54 Å². The van der Waals surface area contributed by atoms with Crippen LogP contribution in [0.4, 0.5) is 0 Å². The summed E-state index contributed by atoms with van der Waals surface area (Å²) in [6.45, 7) is 3.16. The number of imidazole rings is 1. The van der Waals surface area contributed by atoms with E-state index in [1.807, 2.05) is 18.5 Å². The van der Waals surface area contributed by atoms with Gasteiger partial charge in [-0.3, -0.25) is 4.90 Å². The number of nitrogens with zero attached hydrogens (tertiary/aromatic N) is 2. The standard InChI is InChI=1S/C19H25N3O/c23-16-8-4-7-15(9-16)17-11-22(10-14-5-2-1-3-6-14)12-18-19(17)21-13-20-18/h4,7-9,13-14,17,23H,1-3,5-6,10-12H2,(H,20,21). The van der Waals surface area contributed by atoms with E-state index in [-0.39, 0.29) is 5.92 Å². The number of aromatic nitrogens is 2. The molecule has 1 aliphatic carbocycles. The number of aromatic amines is 1. The Morgan fingerprint density at radius 3 is 2.91 bits per heavy atom. The molecule has 4 heteroatoms. The zero-order valence-corrected chi connectivity index (χ0v) is 13.5. The third kappa shape index (κ3) is 3.13. The highest BCUT2D eigenvalue weighted by molar-refractivity contribution is 5.37. The van der Waals surface area contributed by atoms with Crippen LogP contribution < -0.4 is 0 Å². The van der Waals surface area contributed by atoms with E-state index >= 15 is 0 Å². The number of phenolic OH excluding ortho intramolecular Hbond substituents is 1. The van der Waals surface area contributed by atoms with Crippen LogP contribution in [0.1, 0.15) is 55.0 Å². The minimum atomic E-state index is 0.251. The maximum absolute atomic E-state index is 9.83. The molecule has 1 aromatic carbocycles. The van der Waals surface area contributed by atoms with Crippen molar-refractivity contribution in [2.75, 3.05) is 13.1 Å². The largest absolute Gasteiger partial charge is 0.508 e. The van der Waals surface area contributed by atoms with Crippen LogP contribution in [0.2, 0.25) is 0 Å². The van der Waals surface area contributed by atoms with Gasteiger partial charge in [0.25, 0.3) is 0 Å². The molecule has 1 aromatic heterocycles. The molecule has 0 amide bonds. The summed E-state index contributed by atoms with van der Waals surface area (Å²) in [5.74, 6) is 1.43. The van der Waals surface area contributed by atoms with Gasteiger partial charge in [0.05, 0.1) is 17.7 Å². The molecule has 23 heavy (non-hydrogen) atoms. The zero-order chi connectivity index (χ0) is 15.6. The summed E-state index contributed by atoms with van der Waals surface area (Å²) in [4.78, 5) is 10.5. The molecule has 1 unspecified atom stereocenters. The monoisotopic (exact) mass is 311 g/mol.